The predicted octanol–water partition coefficient (Wildman–Crippen LogP) is 2.76. The van der Waals surface area contributed by atoms with Gasteiger partial charge in [-0.1, -0.05) is 24.3 Å². The number of piperidine rings is 1. The number of aryl methyl sites for hydroxylation is 1. The fraction of sp³-hybridized carbons (Fsp3) is 0.381. The van der Waals surface area contributed by atoms with E-state index in [9.17, 15) is 4.79 Å². The van der Waals surface area contributed by atoms with Gasteiger partial charge in [-0.05, 0) is 36.6 Å². The second-order valence-corrected chi connectivity index (χ2v) is 7.27. The summed E-state index contributed by atoms with van der Waals surface area (Å²) in [6.45, 7) is 3.46. The average molecular weight is 363 g/mol. The Balaban J connectivity index is 1.45. The molecule has 140 valence electrons. The Hall–Kier alpha value is -2.73. The first kappa shape index (κ1) is 17.7. The van der Waals surface area contributed by atoms with E-state index in [2.05, 4.69) is 39.2 Å². The summed E-state index contributed by atoms with van der Waals surface area (Å²) < 4.78 is 3.77. The van der Waals surface area contributed by atoms with Crippen LogP contribution in [0.15, 0.2) is 55.1 Å². The molecule has 0 N–H and O–H groups in total. The van der Waals surface area contributed by atoms with E-state index in [4.69, 9.17) is 0 Å². The van der Waals surface area contributed by atoms with Crippen molar-refractivity contribution in [2.24, 2.45) is 13.0 Å². The molecule has 1 aliphatic rings. The Bertz CT molecular complexity index is 899. The molecule has 1 aromatic carbocycles. The highest BCUT2D eigenvalue weighted by Crippen LogP contribution is 2.23. The number of rotatable bonds is 6. The number of ketones is 1. The van der Waals surface area contributed by atoms with Gasteiger partial charge in [0.2, 0.25) is 5.78 Å². The van der Waals surface area contributed by atoms with Gasteiger partial charge >= 0.3 is 0 Å². The Kier molecular flexibility index (Phi) is 5.16. The fourth-order valence-corrected chi connectivity index (χ4v) is 3.87. The zero-order chi connectivity index (χ0) is 18.6. The number of carbonyl (C=O) groups is 1. The third-order valence-electron chi connectivity index (χ3n) is 5.32. The van der Waals surface area contributed by atoms with Crippen LogP contribution < -0.4 is 0 Å². The zero-order valence-corrected chi connectivity index (χ0v) is 15.7. The van der Waals surface area contributed by atoms with Gasteiger partial charge in [-0.3, -0.25) is 14.4 Å². The van der Waals surface area contributed by atoms with Gasteiger partial charge in [0.05, 0.1) is 6.54 Å². The van der Waals surface area contributed by atoms with Gasteiger partial charge in [0.15, 0.2) is 5.82 Å². The van der Waals surface area contributed by atoms with Crippen LogP contribution >= 0.6 is 0 Å². The van der Waals surface area contributed by atoms with Crippen LogP contribution in [0, 0.1) is 5.92 Å². The topological polar surface area (TPSA) is 56.0 Å². The van der Waals surface area contributed by atoms with Crippen LogP contribution in [0.5, 0.6) is 0 Å². The largest absolute Gasteiger partial charge is 0.332 e. The number of hydrogen-bond donors (Lipinski definition) is 0. The summed E-state index contributed by atoms with van der Waals surface area (Å²) >= 11 is 0. The van der Waals surface area contributed by atoms with Crippen molar-refractivity contribution < 1.29 is 4.79 Å². The average Bonchev–Trinajstić information content (AvgIpc) is 3.35. The molecule has 3 aromatic rings. The standard InChI is InChI=1S/C21H25N5O/c1-24-13-10-22-21(24)20(27)19-8-4-11-25(15-19)14-17-6-2-3-7-18(17)16-26-12-5-9-23-26/h2-3,5-7,9-10,12-13,19H,4,8,11,14-16H2,1H3/t19-/m0/s1. The van der Waals surface area contributed by atoms with Gasteiger partial charge in [0.25, 0.3) is 0 Å². The Labute approximate surface area is 159 Å². The van der Waals surface area contributed by atoms with Crippen molar-refractivity contribution in [2.75, 3.05) is 13.1 Å². The quantitative estimate of drug-likeness (QED) is 0.632. The normalized spacial score (nSPS) is 17.9. The molecule has 0 saturated carbocycles. The molecule has 1 atom stereocenters. The van der Waals surface area contributed by atoms with E-state index in [1.165, 1.54) is 11.1 Å². The molecule has 0 amide bonds. The molecule has 0 spiro atoms. The number of benzene rings is 1. The smallest absolute Gasteiger partial charge is 0.202 e. The monoisotopic (exact) mass is 363 g/mol. The highest BCUT2D eigenvalue weighted by Gasteiger charge is 2.28. The molecule has 3 heterocycles. The molecular formula is C21H25N5O. The first-order chi connectivity index (χ1) is 13.2. The number of likely N-dealkylation sites (tertiary alicyclic amines) is 1. The van der Waals surface area contributed by atoms with Crippen LogP contribution in [0.1, 0.15) is 34.6 Å². The molecule has 6 nitrogen and oxygen atoms in total. The van der Waals surface area contributed by atoms with Crippen molar-refractivity contribution in [3.05, 3.63) is 72.1 Å². The SMILES string of the molecule is Cn1ccnc1C(=O)[C@H]1CCCN(Cc2ccccc2Cn2cccn2)C1. The van der Waals surface area contributed by atoms with Crippen molar-refractivity contribution in [2.45, 2.75) is 25.9 Å². The number of aromatic nitrogens is 4. The second-order valence-electron chi connectivity index (χ2n) is 7.27. The molecule has 27 heavy (non-hydrogen) atoms. The highest BCUT2D eigenvalue weighted by molar-refractivity contribution is 5.94. The van der Waals surface area contributed by atoms with Crippen molar-refractivity contribution in [1.82, 2.24) is 24.2 Å². The van der Waals surface area contributed by atoms with Gasteiger partial charge in [-0.15, -0.1) is 0 Å². The molecule has 1 aliphatic heterocycles. The maximum atomic E-state index is 12.8. The fourth-order valence-electron chi connectivity index (χ4n) is 3.87. The number of imidazole rings is 1. The van der Waals surface area contributed by atoms with E-state index in [0.29, 0.717) is 5.82 Å². The van der Waals surface area contributed by atoms with E-state index >= 15 is 0 Å². The zero-order valence-electron chi connectivity index (χ0n) is 15.7. The van der Waals surface area contributed by atoms with Crippen LogP contribution in [0.25, 0.3) is 0 Å². The number of nitrogens with zero attached hydrogens (tertiary/aromatic N) is 5. The summed E-state index contributed by atoms with van der Waals surface area (Å²) in [7, 11) is 1.88. The van der Waals surface area contributed by atoms with Gasteiger partial charge in [0.1, 0.15) is 0 Å². The van der Waals surface area contributed by atoms with Crippen LogP contribution in [-0.2, 0) is 20.1 Å². The highest BCUT2D eigenvalue weighted by atomic mass is 16.1. The van der Waals surface area contributed by atoms with Crippen LogP contribution in [0.2, 0.25) is 0 Å². The number of hydrogen-bond acceptors (Lipinski definition) is 4. The molecule has 6 heteroatoms. The minimum atomic E-state index is 0.0260. The van der Waals surface area contributed by atoms with Crippen molar-refractivity contribution in [3.63, 3.8) is 0 Å². The minimum absolute atomic E-state index is 0.0260. The Morgan fingerprint density at radius 1 is 1.11 bits per heavy atom. The van der Waals surface area contributed by atoms with Gasteiger partial charge in [-0.2, -0.15) is 5.10 Å². The predicted molar refractivity (Wildman–Crippen MR) is 103 cm³/mol. The van der Waals surface area contributed by atoms with Gasteiger partial charge in [0, 0.05) is 50.8 Å². The van der Waals surface area contributed by atoms with E-state index in [1.54, 1.807) is 12.4 Å². The first-order valence-electron chi connectivity index (χ1n) is 9.49. The summed E-state index contributed by atoms with van der Waals surface area (Å²) in [5.74, 6) is 0.760. The molecule has 0 aliphatic carbocycles. The summed E-state index contributed by atoms with van der Waals surface area (Å²) in [4.78, 5) is 19.5. The third kappa shape index (κ3) is 4.01. The third-order valence-corrected chi connectivity index (χ3v) is 5.32. The van der Waals surface area contributed by atoms with E-state index in [-0.39, 0.29) is 11.7 Å². The molecule has 0 unspecified atom stereocenters. The molecule has 0 bridgehead atoms. The summed E-state index contributed by atoms with van der Waals surface area (Å²) in [5.41, 5.74) is 2.58. The minimum Gasteiger partial charge on any atom is -0.332 e. The summed E-state index contributed by atoms with van der Waals surface area (Å²) in [6, 6.07) is 10.5. The van der Waals surface area contributed by atoms with Crippen molar-refractivity contribution in [3.8, 4) is 0 Å². The van der Waals surface area contributed by atoms with Crippen molar-refractivity contribution >= 4 is 5.78 Å². The van der Waals surface area contributed by atoms with Crippen molar-refractivity contribution in [1.29, 1.82) is 0 Å². The molecule has 1 fully saturated rings. The lowest BCUT2D eigenvalue weighted by Gasteiger charge is -2.32. The molecule has 2 aromatic heterocycles. The molecule has 0 radical (unpaired) electrons. The molecule has 4 rings (SSSR count). The Morgan fingerprint density at radius 2 is 1.93 bits per heavy atom. The van der Waals surface area contributed by atoms with E-state index in [0.717, 1.165) is 39.0 Å². The molecular weight excluding hydrogens is 338 g/mol. The van der Waals surface area contributed by atoms with E-state index in [1.807, 2.05) is 34.8 Å². The van der Waals surface area contributed by atoms with Crippen LogP contribution in [-0.4, -0.2) is 43.1 Å². The first-order valence-corrected chi connectivity index (χ1v) is 9.49. The van der Waals surface area contributed by atoms with Gasteiger partial charge < -0.3 is 4.57 Å². The van der Waals surface area contributed by atoms with Crippen LogP contribution in [0.3, 0.4) is 0 Å². The summed E-state index contributed by atoms with van der Waals surface area (Å²) in [6.07, 6.45) is 9.30. The summed E-state index contributed by atoms with van der Waals surface area (Å²) in [5, 5.41) is 4.32. The maximum absolute atomic E-state index is 12.8. The second kappa shape index (κ2) is 7.88. The Morgan fingerprint density at radius 3 is 2.63 bits per heavy atom. The lowest BCUT2D eigenvalue weighted by molar-refractivity contribution is 0.0797. The van der Waals surface area contributed by atoms with Gasteiger partial charge in [-0.25, -0.2) is 4.98 Å². The maximum Gasteiger partial charge on any atom is 0.202 e. The van der Waals surface area contributed by atoms with Crippen LogP contribution in [0.4, 0.5) is 0 Å². The lowest BCUT2D eigenvalue weighted by atomic mass is 9.92. The molecule has 1 saturated heterocycles. The lowest BCUT2D eigenvalue weighted by Crippen LogP contribution is -2.39. The number of Topliss-reactive ketones (excluding diaryl/α,β-unsaturated/α-hetero) is 1. The van der Waals surface area contributed by atoms with E-state index < -0.39 is 0 Å². The number of carbonyl (C=O) groups excluding carboxylic acids is 1.